The lowest BCUT2D eigenvalue weighted by Gasteiger charge is -2.34. The predicted octanol–water partition coefficient (Wildman–Crippen LogP) is 5.33. The number of piperidine rings is 1. The second-order valence-corrected chi connectivity index (χ2v) is 11.5. The van der Waals surface area contributed by atoms with Gasteiger partial charge in [-0.15, -0.1) is 0 Å². The van der Waals surface area contributed by atoms with Gasteiger partial charge in [-0.25, -0.2) is 9.37 Å². The fourth-order valence-corrected chi connectivity index (χ4v) is 6.62. The highest BCUT2D eigenvalue weighted by Gasteiger charge is 2.29. The van der Waals surface area contributed by atoms with Gasteiger partial charge >= 0.3 is 0 Å². The summed E-state index contributed by atoms with van der Waals surface area (Å²) in [5, 5.41) is 1.59. The van der Waals surface area contributed by atoms with Gasteiger partial charge < -0.3 is 25.7 Å². The number of amides is 1. The highest BCUT2D eigenvalue weighted by molar-refractivity contribution is 7.22. The molecule has 0 bridgehead atoms. The van der Waals surface area contributed by atoms with Gasteiger partial charge in [0.15, 0.2) is 5.13 Å². The first-order valence-corrected chi connectivity index (χ1v) is 14.2. The van der Waals surface area contributed by atoms with Crippen LogP contribution in [-0.2, 0) is 22.5 Å². The van der Waals surface area contributed by atoms with Gasteiger partial charge in [0, 0.05) is 62.8 Å². The predicted molar refractivity (Wildman–Crippen MR) is 152 cm³/mol. The van der Waals surface area contributed by atoms with Crippen molar-refractivity contribution in [2.45, 2.75) is 50.6 Å². The third-order valence-electron chi connectivity index (χ3n) is 7.32. The fraction of sp³-hybridized carbons (Fsp3) is 0.429. The van der Waals surface area contributed by atoms with Crippen molar-refractivity contribution < 1.29 is 13.9 Å². The third kappa shape index (κ3) is 5.66. The molecule has 1 saturated heterocycles. The molecule has 0 spiro atoms. The SMILES string of the molecule is COCCCn1c(C2CCCN(C(=O)CC(N)Cc3ccc4nc(N)sc4c3)C2)cc2c(F)ccc(Cl)c21. The second kappa shape index (κ2) is 11.6. The number of likely N-dealkylation sites (tertiary alicyclic amines) is 1. The van der Waals surface area contributed by atoms with Crippen LogP contribution in [0.1, 0.15) is 42.9 Å². The van der Waals surface area contributed by atoms with E-state index in [2.05, 4.69) is 15.6 Å². The Morgan fingerprint density at radius 3 is 2.97 bits per heavy atom. The van der Waals surface area contributed by atoms with E-state index in [1.807, 2.05) is 23.1 Å². The van der Waals surface area contributed by atoms with Crippen LogP contribution in [0.15, 0.2) is 36.4 Å². The maximum Gasteiger partial charge on any atom is 0.224 e. The molecule has 7 nitrogen and oxygen atoms in total. The Balaban J connectivity index is 1.29. The normalized spacial score (nSPS) is 16.9. The van der Waals surface area contributed by atoms with Crippen LogP contribution < -0.4 is 11.5 Å². The highest BCUT2D eigenvalue weighted by atomic mass is 35.5. The average molecular weight is 558 g/mol. The molecule has 10 heteroatoms. The minimum atomic E-state index is -0.293. The summed E-state index contributed by atoms with van der Waals surface area (Å²) in [6.45, 7) is 2.55. The molecule has 4 aromatic rings. The number of halogens is 2. The summed E-state index contributed by atoms with van der Waals surface area (Å²) < 4.78 is 23.1. The summed E-state index contributed by atoms with van der Waals surface area (Å²) in [6.07, 6.45) is 3.46. The Morgan fingerprint density at radius 1 is 1.32 bits per heavy atom. The summed E-state index contributed by atoms with van der Waals surface area (Å²) in [7, 11) is 1.67. The van der Waals surface area contributed by atoms with Crippen molar-refractivity contribution in [2.24, 2.45) is 5.73 Å². The number of aromatic nitrogens is 2. The fourth-order valence-electron chi connectivity index (χ4n) is 5.56. The lowest BCUT2D eigenvalue weighted by Crippen LogP contribution is -2.42. The first-order valence-electron chi connectivity index (χ1n) is 13.0. The lowest BCUT2D eigenvalue weighted by atomic mass is 9.93. The van der Waals surface area contributed by atoms with Crippen LogP contribution in [-0.4, -0.2) is 53.2 Å². The molecule has 1 amide bonds. The maximum absolute atomic E-state index is 14.7. The van der Waals surface area contributed by atoms with Crippen LogP contribution in [0, 0.1) is 5.82 Å². The number of methoxy groups -OCH3 is 1. The molecule has 2 atom stereocenters. The van der Waals surface area contributed by atoms with E-state index in [9.17, 15) is 9.18 Å². The van der Waals surface area contributed by atoms with Gasteiger partial charge in [-0.1, -0.05) is 29.0 Å². The summed E-state index contributed by atoms with van der Waals surface area (Å²) >= 11 is 7.98. The smallest absolute Gasteiger partial charge is 0.224 e. The molecule has 1 aliphatic rings. The van der Waals surface area contributed by atoms with Crippen LogP contribution >= 0.6 is 22.9 Å². The number of benzene rings is 2. The van der Waals surface area contributed by atoms with E-state index < -0.39 is 0 Å². The summed E-state index contributed by atoms with van der Waals surface area (Å²) in [4.78, 5) is 19.5. The summed E-state index contributed by atoms with van der Waals surface area (Å²) in [6, 6.07) is 10.6. The molecule has 1 fully saturated rings. The zero-order valence-corrected chi connectivity index (χ0v) is 23.0. The van der Waals surface area contributed by atoms with Gasteiger partial charge in [-0.05, 0) is 61.6 Å². The Morgan fingerprint density at radius 2 is 2.16 bits per heavy atom. The molecule has 38 heavy (non-hydrogen) atoms. The Labute approximate surface area is 230 Å². The number of nitrogens with zero attached hydrogens (tertiary/aromatic N) is 3. The second-order valence-electron chi connectivity index (χ2n) is 10.1. The van der Waals surface area contributed by atoms with E-state index in [0.29, 0.717) is 53.7 Å². The van der Waals surface area contributed by atoms with Crippen LogP contribution in [0.5, 0.6) is 0 Å². The number of nitrogens with two attached hydrogens (primary N) is 2. The molecule has 4 N–H and O–H groups in total. The minimum absolute atomic E-state index is 0.0524. The van der Waals surface area contributed by atoms with E-state index in [1.54, 1.807) is 13.2 Å². The van der Waals surface area contributed by atoms with Crippen molar-refractivity contribution >= 4 is 55.1 Å². The lowest BCUT2D eigenvalue weighted by molar-refractivity contribution is -0.132. The number of hydrogen-bond acceptors (Lipinski definition) is 6. The van der Waals surface area contributed by atoms with Gasteiger partial charge in [0.1, 0.15) is 5.82 Å². The van der Waals surface area contributed by atoms with Crippen LogP contribution in [0.4, 0.5) is 9.52 Å². The number of aryl methyl sites for hydroxylation is 1. The van der Waals surface area contributed by atoms with Crippen molar-refractivity contribution in [2.75, 3.05) is 32.5 Å². The molecule has 0 saturated carbocycles. The molecular weight excluding hydrogens is 525 g/mol. The molecule has 5 rings (SSSR count). The number of anilines is 1. The third-order valence-corrected chi connectivity index (χ3v) is 8.47. The minimum Gasteiger partial charge on any atom is -0.385 e. The summed E-state index contributed by atoms with van der Waals surface area (Å²) in [5.74, 6) is -0.143. The molecule has 2 aromatic heterocycles. The van der Waals surface area contributed by atoms with E-state index in [0.717, 1.165) is 40.7 Å². The number of fused-ring (bicyclic) bond motifs is 2. The zero-order chi connectivity index (χ0) is 26.8. The molecular formula is C28H33ClFN5O2S. The van der Waals surface area contributed by atoms with E-state index in [-0.39, 0.29) is 30.1 Å². The number of ether oxygens (including phenoxy) is 1. The zero-order valence-electron chi connectivity index (χ0n) is 21.5. The van der Waals surface area contributed by atoms with Crippen molar-refractivity contribution in [1.29, 1.82) is 0 Å². The van der Waals surface area contributed by atoms with Gasteiger partial charge in [-0.2, -0.15) is 0 Å². The van der Waals surface area contributed by atoms with Gasteiger partial charge in [-0.3, -0.25) is 4.79 Å². The highest BCUT2D eigenvalue weighted by Crippen LogP contribution is 2.36. The Bertz CT molecular complexity index is 1450. The monoisotopic (exact) mass is 557 g/mol. The molecule has 3 heterocycles. The van der Waals surface area contributed by atoms with Crippen molar-refractivity contribution in [1.82, 2.24) is 14.5 Å². The topological polar surface area (TPSA) is 99.4 Å². The van der Waals surface area contributed by atoms with Crippen LogP contribution in [0.25, 0.3) is 21.1 Å². The van der Waals surface area contributed by atoms with Crippen molar-refractivity contribution in [3.8, 4) is 0 Å². The Kier molecular flexibility index (Phi) is 8.18. The molecule has 2 aromatic carbocycles. The maximum atomic E-state index is 14.7. The number of carbonyl (C=O) groups excluding carboxylic acids is 1. The molecule has 0 radical (unpaired) electrons. The molecule has 0 aliphatic carbocycles. The van der Waals surface area contributed by atoms with E-state index in [4.69, 9.17) is 27.8 Å². The van der Waals surface area contributed by atoms with Gasteiger partial charge in [0.05, 0.1) is 20.8 Å². The first-order chi connectivity index (χ1) is 18.3. The molecule has 1 aliphatic heterocycles. The number of hydrogen-bond donors (Lipinski definition) is 2. The van der Waals surface area contributed by atoms with Crippen LogP contribution in [0.2, 0.25) is 5.02 Å². The number of rotatable bonds is 9. The number of nitrogen functional groups attached to an aromatic ring is 1. The Hall–Kier alpha value is -2.72. The van der Waals surface area contributed by atoms with E-state index >= 15 is 0 Å². The number of thiazole rings is 1. The van der Waals surface area contributed by atoms with Crippen molar-refractivity contribution in [3.05, 3.63) is 58.5 Å². The van der Waals surface area contributed by atoms with E-state index in [1.165, 1.54) is 17.4 Å². The first kappa shape index (κ1) is 26.9. The largest absolute Gasteiger partial charge is 0.385 e. The van der Waals surface area contributed by atoms with Gasteiger partial charge in [0.2, 0.25) is 5.91 Å². The average Bonchev–Trinajstić information content (AvgIpc) is 3.47. The number of carbonyl (C=O) groups is 1. The van der Waals surface area contributed by atoms with Crippen LogP contribution in [0.3, 0.4) is 0 Å². The van der Waals surface area contributed by atoms with Crippen molar-refractivity contribution in [3.63, 3.8) is 0 Å². The summed E-state index contributed by atoms with van der Waals surface area (Å²) in [5.41, 5.74) is 15.9. The standard InChI is InChI=1S/C28H33ClFN5O2S/c1-37-11-3-10-35-24(15-20-22(30)7-6-21(29)27(20)35)18-4-2-9-34(16-18)26(36)14-19(31)12-17-5-8-23-25(13-17)38-28(32)33-23/h5-8,13,15,18-19H,2-4,9-12,14,16,31H2,1H3,(H2,32,33). The molecule has 202 valence electrons. The van der Waals surface area contributed by atoms with Gasteiger partial charge in [0.25, 0.3) is 0 Å². The molecule has 2 unspecified atom stereocenters. The quantitative estimate of drug-likeness (QED) is 0.271.